The highest BCUT2D eigenvalue weighted by atomic mass is 16.1. The number of nitrogens with two attached hydrogens (primary N) is 2. The van der Waals surface area contributed by atoms with Crippen molar-refractivity contribution in [1.29, 1.82) is 0 Å². The van der Waals surface area contributed by atoms with E-state index >= 15 is 0 Å². The molecule has 0 fully saturated rings. The summed E-state index contributed by atoms with van der Waals surface area (Å²) in [6.45, 7) is 2.37. The lowest BCUT2D eigenvalue weighted by atomic mass is 10.2. The fraction of sp³-hybridized carbons (Fsp3) is 0.778. The van der Waals surface area contributed by atoms with Gasteiger partial charge in [0.05, 0.1) is 0 Å². The van der Waals surface area contributed by atoms with E-state index < -0.39 is 0 Å². The molecule has 2 amide bonds. The molecule has 0 bridgehead atoms. The van der Waals surface area contributed by atoms with Crippen molar-refractivity contribution in [2.75, 3.05) is 6.54 Å². The highest BCUT2D eigenvalue weighted by Gasteiger charge is 2.03. The van der Waals surface area contributed by atoms with Gasteiger partial charge < -0.3 is 16.8 Å². The van der Waals surface area contributed by atoms with E-state index in [0.717, 1.165) is 6.42 Å². The van der Waals surface area contributed by atoms with Crippen LogP contribution in [0.3, 0.4) is 0 Å². The highest BCUT2D eigenvalue weighted by Crippen LogP contribution is 1.93. The Morgan fingerprint density at radius 1 is 1.36 bits per heavy atom. The Morgan fingerprint density at radius 3 is 2.50 bits per heavy atom. The fourth-order valence-corrected chi connectivity index (χ4v) is 1.02. The molecule has 0 aliphatic rings. The Morgan fingerprint density at radius 2 is 2.00 bits per heavy atom. The van der Waals surface area contributed by atoms with E-state index in [1.807, 2.05) is 0 Å². The van der Waals surface area contributed by atoms with Crippen molar-refractivity contribution in [3.63, 3.8) is 0 Å². The molecule has 5 heteroatoms. The second-order valence-electron chi connectivity index (χ2n) is 3.45. The van der Waals surface area contributed by atoms with Crippen molar-refractivity contribution in [3.8, 4) is 0 Å². The average molecular weight is 201 g/mol. The summed E-state index contributed by atoms with van der Waals surface area (Å²) >= 11 is 0. The predicted molar refractivity (Wildman–Crippen MR) is 54.3 cm³/mol. The molecule has 0 heterocycles. The normalized spacial score (nSPS) is 12.1. The van der Waals surface area contributed by atoms with Gasteiger partial charge in [-0.15, -0.1) is 0 Å². The minimum absolute atomic E-state index is 0.0425. The van der Waals surface area contributed by atoms with Crippen LogP contribution in [-0.2, 0) is 9.59 Å². The SMILES string of the molecule is CC(N)CC(=O)NCCCCC(N)=O. The summed E-state index contributed by atoms with van der Waals surface area (Å²) in [6, 6.07) is -0.111. The number of hydrogen-bond acceptors (Lipinski definition) is 3. The van der Waals surface area contributed by atoms with Crippen LogP contribution in [0.15, 0.2) is 0 Å². The molecule has 0 saturated carbocycles. The molecule has 14 heavy (non-hydrogen) atoms. The fourth-order valence-electron chi connectivity index (χ4n) is 1.02. The summed E-state index contributed by atoms with van der Waals surface area (Å²) in [5, 5.41) is 2.72. The van der Waals surface area contributed by atoms with Gasteiger partial charge in [-0.05, 0) is 19.8 Å². The second-order valence-corrected chi connectivity index (χ2v) is 3.45. The maximum absolute atomic E-state index is 11.1. The van der Waals surface area contributed by atoms with Crippen molar-refractivity contribution in [1.82, 2.24) is 5.32 Å². The number of hydrogen-bond donors (Lipinski definition) is 3. The molecule has 0 aliphatic heterocycles. The third-order valence-electron chi connectivity index (χ3n) is 1.68. The van der Waals surface area contributed by atoms with Gasteiger partial charge in [-0.1, -0.05) is 0 Å². The Hall–Kier alpha value is -1.10. The number of rotatable bonds is 7. The molecule has 5 nitrogen and oxygen atoms in total. The maximum atomic E-state index is 11.1. The molecule has 1 unspecified atom stereocenters. The van der Waals surface area contributed by atoms with Crippen LogP contribution in [0.4, 0.5) is 0 Å². The van der Waals surface area contributed by atoms with Gasteiger partial charge in [0, 0.05) is 25.4 Å². The molecule has 0 spiro atoms. The standard InChI is InChI=1S/C9H19N3O2/c1-7(10)6-9(14)12-5-3-2-4-8(11)13/h7H,2-6,10H2,1H3,(H2,11,13)(H,12,14). The zero-order chi connectivity index (χ0) is 11.0. The first-order valence-corrected chi connectivity index (χ1v) is 4.83. The van der Waals surface area contributed by atoms with E-state index in [1.54, 1.807) is 6.92 Å². The van der Waals surface area contributed by atoms with Crippen molar-refractivity contribution >= 4 is 11.8 Å². The van der Waals surface area contributed by atoms with E-state index in [-0.39, 0.29) is 17.9 Å². The van der Waals surface area contributed by atoms with Crippen LogP contribution in [0.1, 0.15) is 32.6 Å². The molecular formula is C9H19N3O2. The third-order valence-corrected chi connectivity index (χ3v) is 1.68. The number of unbranched alkanes of at least 4 members (excludes halogenated alkanes) is 1. The first-order valence-electron chi connectivity index (χ1n) is 4.83. The van der Waals surface area contributed by atoms with Gasteiger partial charge in [0.15, 0.2) is 0 Å². The van der Waals surface area contributed by atoms with Gasteiger partial charge in [-0.3, -0.25) is 9.59 Å². The second kappa shape index (κ2) is 7.32. The molecule has 1 atom stereocenters. The summed E-state index contributed by atoms with van der Waals surface area (Å²) in [6.07, 6.45) is 2.21. The topological polar surface area (TPSA) is 98.2 Å². The van der Waals surface area contributed by atoms with Crippen LogP contribution < -0.4 is 16.8 Å². The number of carbonyl (C=O) groups excluding carboxylic acids is 2. The summed E-state index contributed by atoms with van der Waals surface area (Å²) in [5.41, 5.74) is 10.4. The number of amides is 2. The Labute approximate surface area is 84.2 Å². The van der Waals surface area contributed by atoms with Crippen LogP contribution >= 0.6 is 0 Å². The van der Waals surface area contributed by atoms with Gasteiger partial charge >= 0.3 is 0 Å². The average Bonchev–Trinajstić information content (AvgIpc) is 2.01. The molecule has 0 radical (unpaired) electrons. The lowest BCUT2D eigenvalue weighted by Gasteiger charge is -2.06. The lowest BCUT2D eigenvalue weighted by molar-refractivity contribution is -0.121. The van der Waals surface area contributed by atoms with Crippen molar-refractivity contribution in [2.45, 2.75) is 38.6 Å². The van der Waals surface area contributed by atoms with Crippen LogP contribution in [0.25, 0.3) is 0 Å². The van der Waals surface area contributed by atoms with E-state index in [1.165, 1.54) is 0 Å². The first kappa shape index (κ1) is 12.9. The van der Waals surface area contributed by atoms with Crippen LogP contribution in [-0.4, -0.2) is 24.4 Å². The molecule has 0 aromatic carbocycles. The molecule has 0 aromatic heterocycles. The van der Waals surface area contributed by atoms with E-state index in [9.17, 15) is 9.59 Å². The van der Waals surface area contributed by atoms with Crippen molar-refractivity contribution < 1.29 is 9.59 Å². The summed E-state index contributed by atoms with van der Waals surface area (Å²) in [7, 11) is 0. The minimum atomic E-state index is -0.299. The van der Waals surface area contributed by atoms with Gasteiger partial charge in [0.2, 0.25) is 11.8 Å². The largest absolute Gasteiger partial charge is 0.370 e. The Bertz CT molecular complexity index is 192. The van der Waals surface area contributed by atoms with Crippen LogP contribution in [0.5, 0.6) is 0 Å². The van der Waals surface area contributed by atoms with E-state index in [2.05, 4.69) is 5.32 Å². The summed E-state index contributed by atoms with van der Waals surface area (Å²) < 4.78 is 0. The van der Waals surface area contributed by atoms with Gasteiger partial charge in [-0.2, -0.15) is 0 Å². The zero-order valence-electron chi connectivity index (χ0n) is 8.58. The summed E-state index contributed by atoms with van der Waals surface area (Å²) in [5.74, 6) is -0.342. The highest BCUT2D eigenvalue weighted by molar-refractivity contribution is 5.76. The quantitative estimate of drug-likeness (QED) is 0.484. The predicted octanol–water partition coefficient (Wildman–Crippen LogP) is -0.505. The van der Waals surface area contributed by atoms with Crippen LogP contribution in [0, 0.1) is 0 Å². The Kier molecular flexibility index (Phi) is 6.74. The number of carbonyl (C=O) groups is 2. The number of primary amides is 1. The molecule has 5 N–H and O–H groups in total. The van der Waals surface area contributed by atoms with Gasteiger partial charge in [-0.25, -0.2) is 0 Å². The molecule has 82 valence electrons. The number of nitrogens with one attached hydrogen (secondary N) is 1. The lowest BCUT2D eigenvalue weighted by Crippen LogP contribution is -2.30. The third kappa shape index (κ3) is 8.99. The van der Waals surface area contributed by atoms with Crippen molar-refractivity contribution in [3.05, 3.63) is 0 Å². The smallest absolute Gasteiger partial charge is 0.221 e. The van der Waals surface area contributed by atoms with E-state index in [0.29, 0.717) is 25.8 Å². The maximum Gasteiger partial charge on any atom is 0.221 e. The minimum Gasteiger partial charge on any atom is -0.370 e. The van der Waals surface area contributed by atoms with Crippen LogP contribution in [0.2, 0.25) is 0 Å². The van der Waals surface area contributed by atoms with Gasteiger partial charge in [0.25, 0.3) is 0 Å². The Balaban J connectivity index is 3.27. The first-order chi connectivity index (χ1) is 6.52. The van der Waals surface area contributed by atoms with Gasteiger partial charge in [0.1, 0.15) is 0 Å². The van der Waals surface area contributed by atoms with Crippen molar-refractivity contribution in [2.24, 2.45) is 11.5 Å². The van der Waals surface area contributed by atoms with E-state index in [4.69, 9.17) is 11.5 Å². The molecule has 0 rings (SSSR count). The molecule has 0 aromatic rings. The summed E-state index contributed by atoms with van der Waals surface area (Å²) in [4.78, 5) is 21.4. The molecule has 0 aliphatic carbocycles. The molecular weight excluding hydrogens is 182 g/mol. The molecule has 0 saturated heterocycles. The monoisotopic (exact) mass is 201 g/mol. The zero-order valence-corrected chi connectivity index (χ0v) is 8.58.